The van der Waals surface area contributed by atoms with Crippen molar-refractivity contribution < 1.29 is 4.74 Å². The minimum absolute atomic E-state index is 0.424. The third-order valence-electron chi connectivity index (χ3n) is 3.44. The Balaban J connectivity index is 1.81. The summed E-state index contributed by atoms with van der Waals surface area (Å²) in [7, 11) is 0. The van der Waals surface area contributed by atoms with Crippen LogP contribution >= 0.6 is 11.3 Å². The third-order valence-corrected chi connectivity index (χ3v) is 4.55. The average molecular weight is 251 g/mol. The first-order chi connectivity index (χ1) is 8.26. The third kappa shape index (κ3) is 1.42. The van der Waals surface area contributed by atoms with Crippen LogP contribution in [-0.2, 0) is 10.3 Å². The van der Waals surface area contributed by atoms with Gasteiger partial charge in [-0.3, -0.25) is 0 Å². The zero-order valence-corrected chi connectivity index (χ0v) is 10.1. The highest BCUT2D eigenvalue weighted by atomic mass is 32.1. The molecule has 0 bridgehead atoms. The molecule has 90 valence electrons. The molecule has 7 heteroatoms. The second-order valence-corrected chi connectivity index (χ2v) is 5.85. The van der Waals surface area contributed by atoms with Crippen molar-refractivity contribution in [2.24, 2.45) is 5.73 Å². The molecule has 17 heavy (non-hydrogen) atoms. The molecule has 0 radical (unpaired) electrons. The molecule has 6 nitrogen and oxygen atoms in total. The smallest absolute Gasteiger partial charge is 0.234 e. The number of hydrogen-bond acceptors (Lipinski definition) is 6. The Kier molecular flexibility index (Phi) is 1.89. The summed E-state index contributed by atoms with van der Waals surface area (Å²) in [6.45, 7) is 1.27. The fourth-order valence-corrected chi connectivity index (χ4v) is 3.14. The molecule has 2 N–H and O–H groups in total. The van der Waals surface area contributed by atoms with Gasteiger partial charge in [-0.25, -0.2) is 0 Å². The molecule has 0 spiro atoms. The molecule has 1 atom stereocenters. The summed E-state index contributed by atoms with van der Waals surface area (Å²) in [6.07, 6.45) is 3.23. The van der Waals surface area contributed by atoms with Crippen molar-refractivity contribution in [3.05, 3.63) is 10.8 Å². The van der Waals surface area contributed by atoms with Crippen LogP contribution in [0.5, 0.6) is 0 Å². The molecular weight excluding hydrogens is 238 g/mol. The van der Waals surface area contributed by atoms with E-state index in [-0.39, 0.29) is 0 Å². The van der Waals surface area contributed by atoms with Gasteiger partial charge in [-0.05, 0) is 19.3 Å². The van der Waals surface area contributed by atoms with E-state index in [2.05, 4.69) is 15.3 Å². The van der Waals surface area contributed by atoms with E-state index < -0.39 is 5.54 Å². The molecule has 1 aliphatic carbocycles. The van der Waals surface area contributed by atoms with Gasteiger partial charge in [-0.15, -0.1) is 10.2 Å². The van der Waals surface area contributed by atoms with Crippen molar-refractivity contribution in [3.63, 3.8) is 0 Å². The lowest BCUT2D eigenvalue weighted by molar-refractivity contribution is 0.178. The van der Waals surface area contributed by atoms with Gasteiger partial charge in [0.15, 0.2) is 5.82 Å². The van der Waals surface area contributed by atoms with E-state index in [1.807, 2.05) is 4.52 Å². The van der Waals surface area contributed by atoms with Gasteiger partial charge in [0.05, 0.1) is 12.1 Å². The van der Waals surface area contributed by atoms with Crippen LogP contribution in [0.1, 0.15) is 36.0 Å². The Morgan fingerprint density at radius 3 is 3.00 bits per heavy atom. The number of fused-ring (bicyclic) bond motifs is 1. The standard InChI is InChI=1S/C10H13N5OS/c11-10(3-4-16-5-10)8-14-15-7(6-1-2-6)12-13-9(15)17-8/h6H,1-5,11H2. The lowest BCUT2D eigenvalue weighted by Crippen LogP contribution is -2.37. The molecule has 2 aromatic rings. The van der Waals surface area contributed by atoms with Crippen LogP contribution in [0.3, 0.4) is 0 Å². The first-order valence-electron chi connectivity index (χ1n) is 5.85. The minimum Gasteiger partial charge on any atom is -0.379 e. The van der Waals surface area contributed by atoms with Gasteiger partial charge >= 0.3 is 0 Å². The molecule has 0 aromatic carbocycles. The molecule has 2 aliphatic rings. The van der Waals surface area contributed by atoms with E-state index >= 15 is 0 Å². The van der Waals surface area contributed by atoms with Gasteiger partial charge in [0, 0.05) is 12.5 Å². The number of aromatic nitrogens is 4. The Labute approximate surface area is 102 Å². The molecular formula is C10H13N5OS. The SMILES string of the molecule is NC1(c2nn3c(C4CC4)nnc3s2)CCOC1. The van der Waals surface area contributed by atoms with Gasteiger partial charge in [-0.1, -0.05) is 11.3 Å². The molecule has 2 aromatic heterocycles. The molecule has 1 saturated carbocycles. The summed E-state index contributed by atoms with van der Waals surface area (Å²) in [4.78, 5) is 0.846. The van der Waals surface area contributed by atoms with E-state index in [1.165, 1.54) is 24.2 Å². The lowest BCUT2D eigenvalue weighted by atomic mass is 10.0. The topological polar surface area (TPSA) is 78.3 Å². The molecule has 0 amide bonds. The van der Waals surface area contributed by atoms with Crippen LogP contribution in [0.4, 0.5) is 0 Å². The van der Waals surface area contributed by atoms with Crippen LogP contribution in [0, 0.1) is 0 Å². The van der Waals surface area contributed by atoms with Crippen molar-refractivity contribution >= 4 is 16.3 Å². The average Bonchev–Trinajstić information content (AvgIpc) is 2.76. The van der Waals surface area contributed by atoms with E-state index in [4.69, 9.17) is 10.5 Å². The molecule has 3 heterocycles. The van der Waals surface area contributed by atoms with E-state index in [0.29, 0.717) is 19.1 Å². The Bertz CT molecular complexity index is 566. The molecule has 1 aliphatic heterocycles. The summed E-state index contributed by atoms with van der Waals surface area (Å²) in [6, 6.07) is 0. The summed E-state index contributed by atoms with van der Waals surface area (Å²) in [5, 5.41) is 13.9. The fourth-order valence-electron chi connectivity index (χ4n) is 2.18. The fraction of sp³-hybridized carbons (Fsp3) is 0.700. The summed E-state index contributed by atoms with van der Waals surface area (Å²) < 4.78 is 7.24. The van der Waals surface area contributed by atoms with Crippen LogP contribution in [0.25, 0.3) is 4.96 Å². The van der Waals surface area contributed by atoms with E-state index in [1.54, 1.807) is 0 Å². The van der Waals surface area contributed by atoms with Crippen LogP contribution in [0.15, 0.2) is 0 Å². The zero-order valence-electron chi connectivity index (χ0n) is 9.30. The zero-order chi connectivity index (χ0) is 11.5. The Hall–Kier alpha value is -1.05. The predicted molar refractivity (Wildman–Crippen MR) is 61.9 cm³/mol. The quantitative estimate of drug-likeness (QED) is 0.847. The highest BCUT2D eigenvalue weighted by Gasteiger charge is 2.37. The van der Waals surface area contributed by atoms with Crippen molar-refractivity contribution in [3.8, 4) is 0 Å². The van der Waals surface area contributed by atoms with E-state index in [9.17, 15) is 0 Å². The summed E-state index contributed by atoms with van der Waals surface area (Å²) >= 11 is 1.53. The van der Waals surface area contributed by atoms with Crippen molar-refractivity contribution in [2.45, 2.75) is 30.7 Å². The maximum Gasteiger partial charge on any atom is 0.234 e. The van der Waals surface area contributed by atoms with Crippen LogP contribution in [0.2, 0.25) is 0 Å². The maximum atomic E-state index is 6.31. The number of rotatable bonds is 2. The van der Waals surface area contributed by atoms with Crippen LogP contribution < -0.4 is 5.73 Å². The highest BCUT2D eigenvalue weighted by molar-refractivity contribution is 7.16. The number of hydrogen-bond donors (Lipinski definition) is 1. The minimum atomic E-state index is -0.424. The maximum absolute atomic E-state index is 6.31. The Morgan fingerprint density at radius 2 is 2.29 bits per heavy atom. The Morgan fingerprint density at radius 1 is 1.41 bits per heavy atom. The monoisotopic (exact) mass is 251 g/mol. The summed E-state index contributed by atoms with van der Waals surface area (Å²) in [5.74, 6) is 1.54. The summed E-state index contributed by atoms with van der Waals surface area (Å²) in [5.41, 5.74) is 5.88. The highest BCUT2D eigenvalue weighted by Crippen LogP contribution is 2.40. The van der Waals surface area contributed by atoms with Crippen molar-refractivity contribution in [1.29, 1.82) is 0 Å². The van der Waals surface area contributed by atoms with Crippen molar-refractivity contribution in [2.75, 3.05) is 13.2 Å². The normalized spacial score (nSPS) is 29.2. The molecule has 1 unspecified atom stereocenters. The molecule has 2 fully saturated rings. The van der Waals surface area contributed by atoms with E-state index in [0.717, 1.165) is 22.2 Å². The number of ether oxygens (including phenoxy) is 1. The number of nitrogens with two attached hydrogens (primary N) is 1. The molecule has 4 rings (SSSR count). The van der Waals surface area contributed by atoms with Gasteiger partial charge in [0.25, 0.3) is 0 Å². The first-order valence-corrected chi connectivity index (χ1v) is 6.67. The van der Waals surface area contributed by atoms with Gasteiger partial charge in [0.2, 0.25) is 4.96 Å². The van der Waals surface area contributed by atoms with Gasteiger partial charge in [0.1, 0.15) is 5.01 Å². The predicted octanol–water partition coefficient (Wildman–Crippen LogP) is 0.637. The lowest BCUT2D eigenvalue weighted by Gasteiger charge is -2.16. The first kappa shape index (κ1) is 9.93. The number of nitrogens with zero attached hydrogens (tertiary/aromatic N) is 4. The largest absolute Gasteiger partial charge is 0.379 e. The van der Waals surface area contributed by atoms with Gasteiger partial charge < -0.3 is 10.5 Å². The van der Waals surface area contributed by atoms with Crippen molar-refractivity contribution in [1.82, 2.24) is 19.8 Å². The van der Waals surface area contributed by atoms with Gasteiger partial charge in [-0.2, -0.15) is 9.61 Å². The second kappa shape index (κ2) is 3.24. The molecule has 1 saturated heterocycles. The second-order valence-electron chi connectivity index (χ2n) is 4.89. The van der Waals surface area contributed by atoms with Crippen LogP contribution in [-0.4, -0.2) is 33.0 Å².